The molecule has 1 fully saturated rings. The number of rotatable bonds is 8. The van der Waals surface area contributed by atoms with Gasteiger partial charge in [-0.1, -0.05) is 30.3 Å². The van der Waals surface area contributed by atoms with Gasteiger partial charge >= 0.3 is 0 Å². The molecule has 3 rings (SSSR count). The van der Waals surface area contributed by atoms with Crippen LogP contribution in [0.4, 0.5) is 4.39 Å². The summed E-state index contributed by atoms with van der Waals surface area (Å²) < 4.78 is 39.5. The van der Waals surface area contributed by atoms with Gasteiger partial charge in [0, 0.05) is 30.6 Å². The van der Waals surface area contributed by atoms with Crippen LogP contribution in [0.1, 0.15) is 28.8 Å². The second-order valence-corrected chi connectivity index (χ2v) is 8.85. The molecule has 164 valence electrons. The first-order valence-corrected chi connectivity index (χ1v) is 11.4. The van der Waals surface area contributed by atoms with Crippen molar-refractivity contribution < 1.29 is 22.4 Å². The van der Waals surface area contributed by atoms with Crippen LogP contribution in [-0.2, 0) is 14.8 Å². The fraction of sp³-hybridized carbons (Fsp3) is 0.273. The van der Waals surface area contributed by atoms with E-state index in [9.17, 15) is 22.4 Å². The lowest BCUT2D eigenvalue weighted by atomic mass is 10.2. The fourth-order valence-electron chi connectivity index (χ4n) is 3.30. The molecular formula is C22H24FN3O4S. The zero-order valence-electron chi connectivity index (χ0n) is 16.8. The minimum atomic E-state index is -3.74. The van der Waals surface area contributed by atoms with Crippen molar-refractivity contribution in [2.45, 2.75) is 18.9 Å². The third-order valence-corrected chi connectivity index (χ3v) is 6.45. The molecule has 31 heavy (non-hydrogen) atoms. The van der Waals surface area contributed by atoms with E-state index in [1.165, 1.54) is 34.6 Å². The molecule has 2 aromatic rings. The Labute approximate surface area is 181 Å². The molecule has 1 heterocycles. The van der Waals surface area contributed by atoms with Crippen molar-refractivity contribution in [2.75, 3.05) is 19.6 Å². The van der Waals surface area contributed by atoms with Crippen molar-refractivity contribution in [1.29, 1.82) is 0 Å². The van der Waals surface area contributed by atoms with Crippen LogP contribution < -0.4 is 10.6 Å². The van der Waals surface area contributed by atoms with Crippen LogP contribution in [0.25, 0.3) is 6.08 Å². The average molecular weight is 446 g/mol. The lowest BCUT2D eigenvalue weighted by molar-refractivity contribution is -0.124. The van der Waals surface area contributed by atoms with Gasteiger partial charge in [-0.15, -0.1) is 0 Å². The number of hydrogen-bond donors (Lipinski definition) is 2. The molecule has 0 aromatic heterocycles. The van der Waals surface area contributed by atoms with Crippen LogP contribution in [-0.4, -0.2) is 50.2 Å². The van der Waals surface area contributed by atoms with Crippen molar-refractivity contribution in [1.82, 2.24) is 14.9 Å². The molecule has 2 N–H and O–H groups in total. The van der Waals surface area contributed by atoms with Crippen LogP contribution in [0.3, 0.4) is 0 Å². The lowest BCUT2D eigenvalue weighted by Gasteiger charge is -2.21. The Morgan fingerprint density at radius 3 is 2.42 bits per heavy atom. The monoisotopic (exact) mass is 445 g/mol. The minimum Gasteiger partial charge on any atom is -0.353 e. The van der Waals surface area contributed by atoms with Gasteiger partial charge in [-0.2, -0.15) is 4.31 Å². The molecule has 1 saturated heterocycles. The summed E-state index contributed by atoms with van der Waals surface area (Å²) in [5.74, 6) is -1.21. The molecule has 0 aliphatic carbocycles. The van der Waals surface area contributed by atoms with Gasteiger partial charge in [0.25, 0.3) is 5.91 Å². The Balaban J connectivity index is 1.50. The maximum atomic E-state index is 12.9. The summed E-state index contributed by atoms with van der Waals surface area (Å²) in [5.41, 5.74) is 1.06. The molecule has 0 unspecified atom stereocenters. The number of sulfonamides is 1. The topological polar surface area (TPSA) is 95.6 Å². The Morgan fingerprint density at radius 2 is 1.71 bits per heavy atom. The summed E-state index contributed by atoms with van der Waals surface area (Å²) in [6, 6.07) is 13.4. The van der Waals surface area contributed by atoms with Crippen molar-refractivity contribution in [3.05, 3.63) is 76.9 Å². The largest absolute Gasteiger partial charge is 0.353 e. The van der Waals surface area contributed by atoms with Crippen LogP contribution in [0.2, 0.25) is 0 Å². The summed E-state index contributed by atoms with van der Waals surface area (Å²) in [5, 5.41) is 6.42. The molecule has 0 spiro atoms. The first-order valence-electron chi connectivity index (χ1n) is 9.93. The smallest absolute Gasteiger partial charge is 0.251 e. The van der Waals surface area contributed by atoms with Crippen LogP contribution in [0, 0.1) is 5.82 Å². The van der Waals surface area contributed by atoms with Crippen molar-refractivity contribution in [3.63, 3.8) is 0 Å². The molecule has 2 amide bonds. The van der Waals surface area contributed by atoms with E-state index in [0.29, 0.717) is 18.4 Å². The molecule has 1 aliphatic heterocycles. The Bertz CT molecular complexity index is 1040. The highest BCUT2D eigenvalue weighted by atomic mass is 32.2. The van der Waals surface area contributed by atoms with Gasteiger partial charge in [-0.05, 0) is 48.7 Å². The van der Waals surface area contributed by atoms with Gasteiger partial charge in [0.05, 0.1) is 0 Å². The molecular weight excluding hydrogens is 421 g/mol. The molecule has 1 atom stereocenters. The Morgan fingerprint density at radius 1 is 1.03 bits per heavy atom. The molecule has 0 saturated carbocycles. The maximum Gasteiger partial charge on any atom is 0.251 e. The van der Waals surface area contributed by atoms with E-state index >= 15 is 0 Å². The third-order valence-electron chi connectivity index (χ3n) is 4.88. The van der Waals surface area contributed by atoms with E-state index in [1.54, 1.807) is 12.1 Å². The first kappa shape index (κ1) is 22.6. The van der Waals surface area contributed by atoms with Crippen LogP contribution in [0.15, 0.2) is 60.0 Å². The highest BCUT2D eigenvalue weighted by Crippen LogP contribution is 2.22. The number of hydrogen-bond acceptors (Lipinski definition) is 4. The third kappa shape index (κ3) is 6.22. The number of nitrogens with zero attached hydrogens (tertiary/aromatic N) is 1. The number of benzene rings is 2. The van der Waals surface area contributed by atoms with Crippen LogP contribution >= 0.6 is 0 Å². The Kier molecular flexibility index (Phi) is 7.54. The normalized spacial score (nSPS) is 17.0. The summed E-state index contributed by atoms with van der Waals surface area (Å²) >= 11 is 0. The summed E-state index contributed by atoms with van der Waals surface area (Å²) in [4.78, 5) is 24.5. The highest BCUT2D eigenvalue weighted by molar-refractivity contribution is 7.92. The molecule has 0 bridgehead atoms. The van der Waals surface area contributed by atoms with Crippen molar-refractivity contribution >= 4 is 27.9 Å². The fourth-order valence-corrected chi connectivity index (χ4v) is 4.72. The predicted octanol–water partition coefficient (Wildman–Crippen LogP) is 2.14. The van der Waals surface area contributed by atoms with Crippen LogP contribution in [0.5, 0.6) is 0 Å². The average Bonchev–Trinajstić information content (AvgIpc) is 3.27. The predicted molar refractivity (Wildman–Crippen MR) is 116 cm³/mol. The summed E-state index contributed by atoms with van der Waals surface area (Å²) in [7, 11) is -3.74. The van der Waals surface area contributed by atoms with Crippen molar-refractivity contribution in [3.8, 4) is 0 Å². The molecule has 0 radical (unpaired) electrons. The summed E-state index contributed by atoms with van der Waals surface area (Å²) in [6.45, 7) is 0.589. The van der Waals surface area contributed by atoms with Crippen molar-refractivity contribution in [2.24, 2.45) is 0 Å². The Hall–Kier alpha value is -3.04. The van der Waals surface area contributed by atoms with E-state index in [4.69, 9.17) is 0 Å². The summed E-state index contributed by atoms with van der Waals surface area (Å²) in [6.07, 6.45) is 2.54. The van der Waals surface area contributed by atoms with E-state index in [2.05, 4.69) is 10.6 Å². The zero-order valence-corrected chi connectivity index (χ0v) is 17.6. The van der Waals surface area contributed by atoms with E-state index in [1.807, 2.05) is 18.2 Å². The quantitative estimate of drug-likeness (QED) is 0.609. The van der Waals surface area contributed by atoms with Gasteiger partial charge in [-0.3, -0.25) is 9.59 Å². The molecule has 9 heteroatoms. The second kappa shape index (κ2) is 10.3. The van der Waals surface area contributed by atoms with Gasteiger partial charge < -0.3 is 10.6 Å². The number of nitrogens with one attached hydrogen (secondary N) is 2. The lowest BCUT2D eigenvalue weighted by Crippen LogP contribution is -2.46. The molecule has 1 aliphatic rings. The molecule has 2 aromatic carbocycles. The van der Waals surface area contributed by atoms with E-state index < -0.39 is 27.8 Å². The zero-order chi connectivity index (χ0) is 22.3. The van der Waals surface area contributed by atoms with E-state index in [-0.39, 0.29) is 25.5 Å². The van der Waals surface area contributed by atoms with Gasteiger partial charge in [0.15, 0.2) is 0 Å². The maximum absolute atomic E-state index is 12.9. The highest BCUT2D eigenvalue weighted by Gasteiger charge is 2.37. The first-order chi connectivity index (χ1) is 14.9. The molecule has 7 nitrogen and oxygen atoms in total. The standard InChI is InChI=1S/C22H24FN3O4S/c23-19-10-8-18(9-11-19)21(27)24-13-14-25-22(28)20-7-4-15-26(20)31(29,30)16-12-17-5-2-1-3-6-17/h1-3,5-6,8-12,16,20H,4,7,13-15H2,(H,24,27)(H,25,28)/b16-12+/t20-/m1/s1. The van der Waals surface area contributed by atoms with E-state index in [0.717, 1.165) is 11.0 Å². The SMILES string of the molecule is O=C(NCCNC(=O)[C@H]1CCCN1S(=O)(=O)/C=C/c1ccccc1)c1ccc(F)cc1. The number of amides is 2. The van der Waals surface area contributed by atoms with Gasteiger partial charge in [0.1, 0.15) is 11.9 Å². The number of carbonyl (C=O) groups excluding carboxylic acids is 2. The minimum absolute atomic E-state index is 0.149. The number of halogens is 1. The van der Waals surface area contributed by atoms with Gasteiger partial charge in [-0.25, -0.2) is 12.8 Å². The second-order valence-electron chi connectivity index (χ2n) is 7.08. The number of carbonyl (C=O) groups is 2. The van der Waals surface area contributed by atoms with Gasteiger partial charge in [0.2, 0.25) is 15.9 Å².